The summed E-state index contributed by atoms with van der Waals surface area (Å²) in [7, 11) is 0. The Morgan fingerprint density at radius 2 is 1.33 bits per heavy atom. The van der Waals surface area contributed by atoms with Crippen molar-refractivity contribution in [2.75, 3.05) is 0 Å². The van der Waals surface area contributed by atoms with Gasteiger partial charge >= 0.3 is 0 Å². The van der Waals surface area contributed by atoms with Crippen molar-refractivity contribution in [2.45, 2.75) is 33.9 Å². The van der Waals surface area contributed by atoms with Crippen LogP contribution in [0.5, 0.6) is 0 Å². The van der Waals surface area contributed by atoms with Gasteiger partial charge in [-0.15, -0.1) is 0 Å². The van der Waals surface area contributed by atoms with Crippen LogP contribution in [-0.2, 0) is 13.1 Å². The fourth-order valence-electron chi connectivity index (χ4n) is 2.14. The van der Waals surface area contributed by atoms with Crippen LogP contribution in [0.25, 0.3) is 0 Å². The van der Waals surface area contributed by atoms with Gasteiger partial charge in [0.15, 0.2) is 0 Å². The summed E-state index contributed by atoms with van der Waals surface area (Å²) in [5.41, 5.74) is 6.89. The normalized spacial score (nSPS) is 10.6. The highest BCUT2D eigenvalue weighted by molar-refractivity contribution is 5.33. The largest absolute Gasteiger partial charge is 0.309 e. The van der Waals surface area contributed by atoms with Crippen molar-refractivity contribution >= 4 is 0 Å². The van der Waals surface area contributed by atoms with Gasteiger partial charge in [-0.3, -0.25) is 0 Å². The molecule has 1 heteroatoms. The molecule has 0 unspecified atom stereocenters. The number of hydrogen-bond donors (Lipinski definition) is 1. The predicted molar refractivity (Wildman–Crippen MR) is 77.6 cm³/mol. The lowest BCUT2D eigenvalue weighted by Gasteiger charge is -2.11. The third-order valence-electron chi connectivity index (χ3n) is 3.61. The Balaban J connectivity index is 1.97. The number of nitrogens with one attached hydrogen (secondary N) is 1. The van der Waals surface area contributed by atoms with E-state index in [1.807, 2.05) is 0 Å². The van der Waals surface area contributed by atoms with Gasteiger partial charge in [0, 0.05) is 13.1 Å². The smallest absolute Gasteiger partial charge is 0.0211 e. The standard InChI is InChI=1S/C17H21N/c1-13-8-6-10-17(15(13)3)12-18-11-16-9-5-4-7-14(16)2/h4-10,18H,11-12H2,1-3H3. The number of rotatable bonds is 4. The first-order valence-corrected chi connectivity index (χ1v) is 6.49. The fraction of sp³-hybridized carbons (Fsp3) is 0.294. The first-order chi connectivity index (χ1) is 8.68. The minimum Gasteiger partial charge on any atom is -0.309 e. The maximum atomic E-state index is 3.53. The average molecular weight is 239 g/mol. The Morgan fingerprint density at radius 1 is 0.722 bits per heavy atom. The summed E-state index contributed by atoms with van der Waals surface area (Å²) in [6, 6.07) is 15.0. The Labute approximate surface area is 110 Å². The number of hydrogen-bond acceptors (Lipinski definition) is 1. The van der Waals surface area contributed by atoms with Crippen LogP contribution in [-0.4, -0.2) is 0 Å². The molecule has 0 aliphatic heterocycles. The van der Waals surface area contributed by atoms with E-state index in [2.05, 4.69) is 68.6 Å². The SMILES string of the molecule is Cc1ccccc1CNCc1cccc(C)c1C. The molecule has 2 rings (SSSR count). The highest BCUT2D eigenvalue weighted by Gasteiger charge is 2.01. The van der Waals surface area contributed by atoms with E-state index in [9.17, 15) is 0 Å². The second-order valence-corrected chi connectivity index (χ2v) is 4.89. The molecule has 0 radical (unpaired) electrons. The first-order valence-electron chi connectivity index (χ1n) is 6.49. The van der Waals surface area contributed by atoms with Crippen LogP contribution >= 0.6 is 0 Å². The molecule has 0 fully saturated rings. The van der Waals surface area contributed by atoms with E-state index >= 15 is 0 Å². The quantitative estimate of drug-likeness (QED) is 0.853. The van der Waals surface area contributed by atoms with Gasteiger partial charge in [0.05, 0.1) is 0 Å². The van der Waals surface area contributed by atoms with E-state index in [1.165, 1.54) is 27.8 Å². The summed E-state index contributed by atoms with van der Waals surface area (Å²) in [5, 5.41) is 3.53. The fourth-order valence-corrected chi connectivity index (χ4v) is 2.14. The van der Waals surface area contributed by atoms with Crippen molar-refractivity contribution < 1.29 is 0 Å². The number of benzene rings is 2. The van der Waals surface area contributed by atoms with Crippen molar-refractivity contribution in [1.82, 2.24) is 5.32 Å². The Morgan fingerprint density at radius 3 is 2.11 bits per heavy atom. The van der Waals surface area contributed by atoms with Crippen LogP contribution in [0.4, 0.5) is 0 Å². The summed E-state index contributed by atoms with van der Waals surface area (Å²) in [4.78, 5) is 0. The monoisotopic (exact) mass is 239 g/mol. The van der Waals surface area contributed by atoms with Gasteiger partial charge in [-0.05, 0) is 48.6 Å². The van der Waals surface area contributed by atoms with Gasteiger partial charge < -0.3 is 5.32 Å². The average Bonchev–Trinajstić information content (AvgIpc) is 2.37. The first kappa shape index (κ1) is 12.8. The molecule has 0 aromatic heterocycles. The van der Waals surface area contributed by atoms with E-state index in [0.717, 1.165) is 13.1 Å². The molecule has 0 aliphatic rings. The second kappa shape index (κ2) is 5.83. The predicted octanol–water partition coefficient (Wildman–Crippen LogP) is 3.90. The molecule has 2 aromatic carbocycles. The molecule has 94 valence electrons. The van der Waals surface area contributed by atoms with Crippen molar-refractivity contribution in [3.63, 3.8) is 0 Å². The third-order valence-corrected chi connectivity index (χ3v) is 3.61. The zero-order chi connectivity index (χ0) is 13.0. The van der Waals surface area contributed by atoms with Crippen LogP contribution in [0, 0.1) is 20.8 Å². The van der Waals surface area contributed by atoms with Gasteiger partial charge in [0.2, 0.25) is 0 Å². The Hall–Kier alpha value is -1.60. The highest BCUT2D eigenvalue weighted by Crippen LogP contribution is 2.13. The van der Waals surface area contributed by atoms with Gasteiger partial charge in [-0.1, -0.05) is 42.5 Å². The van der Waals surface area contributed by atoms with Crippen molar-refractivity contribution in [2.24, 2.45) is 0 Å². The van der Waals surface area contributed by atoms with Crippen LogP contribution < -0.4 is 5.32 Å². The van der Waals surface area contributed by atoms with Gasteiger partial charge in [-0.25, -0.2) is 0 Å². The lowest BCUT2D eigenvalue weighted by Crippen LogP contribution is -2.14. The molecule has 2 aromatic rings. The Kier molecular flexibility index (Phi) is 4.16. The van der Waals surface area contributed by atoms with Crippen LogP contribution in [0.3, 0.4) is 0 Å². The summed E-state index contributed by atoms with van der Waals surface area (Å²) in [6.45, 7) is 8.39. The van der Waals surface area contributed by atoms with E-state index in [1.54, 1.807) is 0 Å². The second-order valence-electron chi connectivity index (χ2n) is 4.89. The maximum Gasteiger partial charge on any atom is 0.0211 e. The van der Waals surface area contributed by atoms with Gasteiger partial charge in [0.1, 0.15) is 0 Å². The van der Waals surface area contributed by atoms with Gasteiger partial charge in [0.25, 0.3) is 0 Å². The molecule has 1 N–H and O–H groups in total. The lowest BCUT2D eigenvalue weighted by atomic mass is 10.0. The summed E-state index contributed by atoms with van der Waals surface area (Å²) >= 11 is 0. The summed E-state index contributed by atoms with van der Waals surface area (Å²) in [5.74, 6) is 0. The lowest BCUT2D eigenvalue weighted by molar-refractivity contribution is 0.687. The third kappa shape index (κ3) is 2.99. The Bertz CT molecular complexity index is 529. The molecule has 0 spiro atoms. The molecule has 1 nitrogen and oxygen atoms in total. The summed E-state index contributed by atoms with van der Waals surface area (Å²) < 4.78 is 0. The molecule has 0 saturated heterocycles. The summed E-state index contributed by atoms with van der Waals surface area (Å²) in [6.07, 6.45) is 0. The molecule has 0 atom stereocenters. The molecule has 0 amide bonds. The molecule has 0 heterocycles. The van der Waals surface area contributed by atoms with Crippen LogP contribution in [0.1, 0.15) is 27.8 Å². The molecule has 0 bridgehead atoms. The number of aryl methyl sites for hydroxylation is 2. The van der Waals surface area contributed by atoms with E-state index in [0.29, 0.717) is 0 Å². The van der Waals surface area contributed by atoms with Crippen molar-refractivity contribution in [1.29, 1.82) is 0 Å². The van der Waals surface area contributed by atoms with Crippen LogP contribution in [0.2, 0.25) is 0 Å². The minimum atomic E-state index is 0.931. The van der Waals surface area contributed by atoms with Crippen molar-refractivity contribution in [3.8, 4) is 0 Å². The molecule has 18 heavy (non-hydrogen) atoms. The molecule has 0 aliphatic carbocycles. The van der Waals surface area contributed by atoms with Crippen LogP contribution in [0.15, 0.2) is 42.5 Å². The van der Waals surface area contributed by atoms with Crippen molar-refractivity contribution in [3.05, 3.63) is 70.3 Å². The topological polar surface area (TPSA) is 12.0 Å². The zero-order valence-electron chi connectivity index (χ0n) is 11.5. The zero-order valence-corrected chi connectivity index (χ0v) is 11.5. The van der Waals surface area contributed by atoms with E-state index in [4.69, 9.17) is 0 Å². The molecular weight excluding hydrogens is 218 g/mol. The van der Waals surface area contributed by atoms with Gasteiger partial charge in [-0.2, -0.15) is 0 Å². The van der Waals surface area contributed by atoms with E-state index < -0.39 is 0 Å². The van der Waals surface area contributed by atoms with E-state index in [-0.39, 0.29) is 0 Å². The minimum absolute atomic E-state index is 0.931. The molecule has 0 saturated carbocycles. The highest BCUT2D eigenvalue weighted by atomic mass is 14.8. The molecular formula is C17H21N. The maximum absolute atomic E-state index is 3.53.